The predicted octanol–water partition coefficient (Wildman–Crippen LogP) is 1.91. The van der Waals surface area contributed by atoms with Crippen molar-refractivity contribution in [3.05, 3.63) is 66.2 Å². The standard InChI is InChI=1S/C14H13N5O/c20-13(17-14-15-10-16-18-14)12-7-4-8-19(12)9-11-5-2-1-3-6-11/h1-8,10H,9H2,(H2,15,16,17,18,20). The Bertz CT molecular complexity index is 687. The lowest BCUT2D eigenvalue weighted by Gasteiger charge is -2.08. The minimum absolute atomic E-state index is 0.220. The first-order valence-electron chi connectivity index (χ1n) is 6.19. The van der Waals surface area contributed by atoms with Gasteiger partial charge in [0.05, 0.1) is 0 Å². The zero-order valence-corrected chi connectivity index (χ0v) is 10.7. The molecule has 6 heteroatoms. The SMILES string of the molecule is O=C(Nc1ncn[nH]1)c1cccn1Cc1ccccc1. The van der Waals surface area contributed by atoms with Gasteiger partial charge >= 0.3 is 0 Å². The third-order valence-electron chi connectivity index (χ3n) is 2.90. The molecule has 0 aliphatic heterocycles. The lowest BCUT2D eigenvalue weighted by molar-refractivity contribution is 0.101. The van der Waals surface area contributed by atoms with Crippen LogP contribution in [-0.2, 0) is 6.54 Å². The predicted molar refractivity (Wildman–Crippen MR) is 74.3 cm³/mol. The molecule has 0 spiro atoms. The van der Waals surface area contributed by atoms with Crippen molar-refractivity contribution in [3.8, 4) is 0 Å². The van der Waals surface area contributed by atoms with Crippen LogP contribution in [0.4, 0.5) is 5.95 Å². The van der Waals surface area contributed by atoms with Crippen LogP contribution < -0.4 is 5.32 Å². The van der Waals surface area contributed by atoms with Crippen molar-refractivity contribution < 1.29 is 4.79 Å². The number of aromatic nitrogens is 4. The summed E-state index contributed by atoms with van der Waals surface area (Å²) >= 11 is 0. The van der Waals surface area contributed by atoms with Crippen LogP contribution in [0.5, 0.6) is 0 Å². The lowest BCUT2D eigenvalue weighted by atomic mass is 10.2. The van der Waals surface area contributed by atoms with Crippen LogP contribution in [0.15, 0.2) is 55.0 Å². The summed E-state index contributed by atoms with van der Waals surface area (Å²) in [4.78, 5) is 16.0. The maximum Gasteiger partial charge on any atom is 0.274 e. The zero-order chi connectivity index (χ0) is 13.8. The molecular weight excluding hydrogens is 254 g/mol. The third-order valence-corrected chi connectivity index (χ3v) is 2.90. The minimum atomic E-state index is -0.220. The monoisotopic (exact) mass is 267 g/mol. The summed E-state index contributed by atoms with van der Waals surface area (Å²) in [6.45, 7) is 0.646. The first-order chi connectivity index (χ1) is 9.83. The molecule has 0 aliphatic carbocycles. The fourth-order valence-corrected chi connectivity index (χ4v) is 1.98. The number of rotatable bonds is 4. The highest BCUT2D eigenvalue weighted by Gasteiger charge is 2.12. The zero-order valence-electron chi connectivity index (χ0n) is 10.7. The highest BCUT2D eigenvalue weighted by atomic mass is 16.2. The van der Waals surface area contributed by atoms with Gasteiger partial charge in [0.15, 0.2) is 0 Å². The fourth-order valence-electron chi connectivity index (χ4n) is 1.98. The molecule has 0 aliphatic rings. The Morgan fingerprint density at radius 2 is 2.05 bits per heavy atom. The molecule has 3 rings (SSSR count). The Balaban J connectivity index is 1.78. The van der Waals surface area contributed by atoms with Crippen molar-refractivity contribution in [2.24, 2.45) is 0 Å². The number of hydrogen-bond donors (Lipinski definition) is 2. The van der Waals surface area contributed by atoms with Gasteiger partial charge in [-0.2, -0.15) is 10.1 Å². The summed E-state index contributed by atoms with van der Waals surface area (Å²) in [5, 5.41) is 8.95. The van der Waals surface area contributed by atoms with Gasteiger partial charge in [-0.1, -0.05) is 30.3 Å². The number of carbonyl (C=O) groups is 1. The number of benzene rings is 1. The molecular formula is C14H13N5O. The van der Waals surface area contributed by atoms with E-state index < -0.39 is 0 Å². The van der Waals surface area contributed by atoms with Gasteiger partial charge < -0.3 is 4.57 Å². The molecule has 2 heterocycles. The van der Waals surface area contributed by atoms with Crippen molar-refractivity contribution in [2.45, 2.75) is 6.54 Å². The summed E-state index contributed by atoms with van der Waals surface area (Å²) < 4.78 is 1.89. The highest BCUT2D eigenvalue weighted by Crippen LogP contribution is 2.09. The van der Waals surface area contributed by atoms with E-state index in [0.29, 0.717) is 18.2 Å². The third kappa shape index (κ3) is 2.59. The lowest BCUT2D eigenvalue weighted by Crippen LogP contribution is -2.17. The first-order valence-corrected chi connectivity index (χ1v) is 6.19. The van der Waals surface area contributed by atoms with Gasteiger partial charge in [-0.15, -0.1) is 0 Å². The van der Waals surface area contributed by atoms with E-state index in [0.717, 1.165) is 5.56 Å². The Morgan fingerprint density at radius 3 is 2.80 bits per heavy atom. The van der Waals surface area contributed by atoms with Crippen LogP contribution in [0.25, 0.3) is 0 Å². The molecule has 1 amide bonds. The van der Waals surface area contributed by atoms with Gasteiger partial charge in [-0.3, -0.25) is 10.1 Å². The molecule has 0 unspecified atom stereocenters. The molecule has 100 valence electrons. The molecule has 1 aromatic carbocycles. The second-order valence-corrected chi connectivity index (χ2v) is 4.30. The molecule has 0 bridgehead atoms. The number of nitrogens with zero attached hydrogens (tertiary/aromatic N) is 3. The Kier molecular flexibility index (Phi) is 3.28. The quantitative estimate of drug-likeness (QED) is 0.758. The number of H-pyrrole nitrogens is 1. The molecule has 2 aromatic heterocycles. The van der Waals surface area contributed by atoms with Crippen molar-refractivity contribution in [2.75, 3.05) is 5.32 Å². The van der Waals surface area contributed by atoms with Gasteiger partial charge in [0.2, 0.25) is 5.95 Å². The van der Waals surface area contributed by atoms with E-state index in [1.807, 2.05) is 47.2 Å². The fraction of sp³-hybridized carbons (Fsp3) is 0.0714. The maximum absolute atomic E-state index is 12.2. The maximum atomic E-state index is 12.2. The van der Waals surface area contributed by atoms with E-state index in [4.69, 9.17) is 0 Å². The summed E-state index contributed by atoms with van der Waals surface area (Å²) in [7, 11) is 0. The van der Waals surface area contributed by atoms with Gasteiger partial charge in [0, 0.05) is 12.7 Å². The van der Waals surface area contributed by atoms with Crippen molar-refractivity contribution in [1.82, 2.24) is 19.7 Å². The van der Waals surface area contributed by atoms with Crippen LogP contribution in [-0.4, -0.2) is 25.7 Å². The molecule has 0 saturated carbocycles. The van der Waals surface area contributed by atoms with Crippen molar-refractivity contribution >= 4 is 11.9 Å². The largest absolute Gasteiger partial charge is 0.339 e. The Labute approximate surface area is 115 Å². The topological polar surface area (TPSA) is 75.6 Å². The van der Waals surface area contributed by atoms with Gasteiger partial charge in [0.25, 0.3) is 5.91 Å². The second kappa shape index (κ2) is 5.40. The van der Waals surface area contributed by atoms with E-state index >= 15 is 0 Å². The summed E-state index contributed by atoms with van der Waals surface area (Å²) in [5.41, 5.74) is 1.71. The molecule has 0 radical (unpaired) electrons. The number of nitrogens with one attached hydrogen (secondary N) is 2. The van der Waals surface area contributed by atoms with E-state index in [1.165, 1.54) is 6.33 Å². The van der Waals surface area contributed by atoms with E-state index in [9.17, 15) is 4.79 Å². The number of amides is 1. The average molecular weight is 267 g/mol. The van der Waals surface area contributed by atoms with Crippen LogP contribution >= 0.6 is 0 Å². The normalized spacial score (nSPS) is 10.4. The van der Waals surface area contributed by atoms with Crippen LogP contribution in [0.1, 0.15) is 16.1 Å². The number of aromatic amines is 1. The molecule has 0 atom stereocenters. The van der Waals surface area contributed by atoms with Crippen molar-refractivity contribution in [3.63, 3.8) is 0 Å². The average Bonchev–Trinajstić information content (AvgIpc) is 3.11. The van der Waals surface area contributed by atoms with Gasteiger partial charge in [-0.25, -0.2) is 5.10 Å². The summed E-state index contributed by atoms with van der Waals surface area (Å²) in [6, 6.07) is 13.6. The summed E-state index contributed by atoms with van der Waals surface area (Å²) in [5.74, 6) is 0.116. The van der Waals surface area contributed by atoms with E-state index in [-0.39, 0.29) is 5.91 Å². The van der Waals surface area contributed by atoms with Gasteiger partial charge in [-0.05, 0) is 17.7 Å². The summed E-state index contributed by atoms with van der Waals surface area (Å²) in [6.07, 6.45) is 3.22. The first kappa shape index (κ1) is 12.2. The smallest absolute Gasteiger partial charge is 0.274 e. The van der Waals surface area contributed by atoms with E-state index in [2.05, 4.69) is 20.5 Å². The second-order valence-electron chi connectivity index (χ2n) is 4.30. The molecule has 6 nitrogen and oxygen atoms in total. The number of carbonyl (C=O) groups excluding carboxylic acids is 1. The molecule has 20 heavy (non-hydrogen) atoms. The van der Waals surface area contributed by atoms with Crippen LogP contribution in [0.3, 0.4) is 0 Å². The Morgan fingerprint density at radius 1 is 1.20 bits per heavy atom. The molecule has 3 aromatic rings. The highest BCUT2D eigenvalue weighted by molar-refractivity contribution is 6.02. The van der Waals surface area contributed by atoms with Gasteiger partial charge in [0.1, 0.15) is 12.0 Å². The number of anilines is 1. The molecule has 0 saturated heterocycles. The van der Waals surface area contributed by atoms with Crippen LogP contribution in [0.2, 0.25) is 0 Å². The number of hydrogen-bond acceptors (Lipinski definition) is 3. The van der Waals surface area contributed by atoms with E-state index in [1.54, 1.807) is 6.07 Å². The molecule has 0 fully saturated rings. The Hall–Kier alpha value is -2.89. The van der Waals surface area contributed by atoms with Crippen molar-refractivity contribution in [1.29, 1.82) is 0 Å². The van der Waals surface area contributed by atoms with Crippen LogP contribution in [0, 0.1) is 0 Å². The molecule has 2 N–H and O–H groups in total. The minimum Gasteiger partial charge on any atom is -0.339 e.